The average Bonchev–Trinajstić information content (AvgIpc) is 3.58. The molecule has 1 fully saturated rings. The SMILES string of the molecule is Cc1nnc(CN=C(NCCc2cccs2)NCC(c2ccco2)N2CCCC2)n1C.I. The Bertz CT molecular complexity index is 949. The van der Waals surface area contributed by atoms with Crippen LogP contribution in [-0.2, 0) is 20.0 Å². The van der Waals surface area contributed by atoms with E-state index in [1.165, 1.54) is 17.7 Å². The van der Waals surface area contributed by atoms with Crippen molar-refractivity contribution in [3.05, 3.63) is 58.2 Å². The number of aryl methyl sites for hydroxylation is 1. The standard InChI is InChI=1S/C22H31N7OS.HI/c1-17-26-27-21(28(17)2)16-25-22(23-10-9-18-7-6-14-31-18)24-15-19(20-8-5-13-30-20)29-11-3-4-12-29;/h5-8,13-14,19H,3-4,9-12,15-16H2,1-2H3,(H2,23,24,25);1H. The number of hydrogen-bond acceptors (Lipinski definition) is 6. The Kier molecular flexibility index (Phi) is 9.54. The van der Waals surface area contributed by atoms with Gasteiger partial charge in [0.25, 0.3) is 0 Å². The minimum atomic E-state index is 0. The van der Waals surface area contributed by atoms with Crippen molar-refractivity contribution in [3.8, 4) is 0 Å². The Hall–Kier alpha value is -1.92. The summed E-state index contributed by atoms with van der Waals surface area (Å²) < 4.78 is 7.73. The number of thiophene rings is 1. The van der Waals surface area contributed by atoms with Gasteiger partial charge in [-0.05, 0) is 62.9 Å². The number of guanidine groups is 1. The van der Waals surface area contributed by atoms with E-state index in [1.54, 1.807) is 17.6 Å². The van der Waals surface area contributed by atoms with Crippen molar-refractivity contribution in [3.63, 3.8) is 0 Å². The van der Waals surface area contributed by atoms with Crippen LogP contribution in [0.4, 0.5) is 0 Å². The average molecular weight is 570 g/mol. The summed E-state index contributed by atoms with van der Waals surface area (Å²) in [6, 6.07) is 8.48. The van der Waals surface area contributed by atoms with E-state index in [9.17, 15) is 0 Å². The molecular weight excluding hydrogens is 537 g/mol. The van der Waals surface area contributed by atoms with Crippen LogP contribution in [0.15, 0.2) is 45.3 Å². The highest BCUT2D eigenvalue weighted by Crippen LogP contribution is 2.24. The Morgan fingerprint density at radius 2 is 2.06 bits per heavy atom. The van der Waals surface area contributed by atoms with E-state index >= 15 is 0 Å². The molecule has 174 valence electrons. The molecule has 0 spiro atoms. The number of likely N-dealkylation sites (tertiary alicyclic amines) is 1. The van der Waals surface area contributed by atoms with Crippen molar-refractivity contribution >= 4 is 41.3 Å². The summed E-state index contributed by atoms with van der Waals surface area (Å²) in [5, 5.41) is 17.5. The molecule has 4 heterocycles. The summed E-state index contributed by atoms with van der Waals surface area (Å²) in [5.41, 5.74) is 0. The minimum Gasteiger partial charge on any atom is -0.468 e. The van der Waals surface area contributed by atoms with E-state index in [2.05, 4.69) is 49.3 Å². The van der Waals surface area contributed by atoms with Gasteiger partial charge in [0, 0.05) is 25.0 Å². The fourth-order valence-corrected chi connectivity index (χ4v) is 4.52. The summed E-state index contributed by atoms with van der Waals surface area (Å²) in [5.74, 6) is 3.51. The Labute approximate surface area is 210 Å². The van der Waals surface area contributed by atoms with Crippen molar-refractivity contribution in [2.24, 2.45) is 12.0 Å². The van der Waals surface area contributed by atoms with Gasteiger partial charge < -0.3 is 19.6 Å². The van der Waals surface area contributed by atoms with Gasteiger partial charge in [-0.2, -0.15) is 0 Å². The van der Waals surface area contributed by atoms with E-state index in [1.807, 2.05) is 24.6 Å². The summed E-state index contributed by atoms with van der Waals surface area (Å²) in [6.07, 6.45) is 5.20. The Morgan fingerprint density at radius 1 is 1.22 bits per heavy atom. The van der Waals surface area contributed by atoms with Crippen LogP contribution >= 0.6 is 35.3 Å². The van der Waals surface area contributed by atoms with E-state index in [0.29, 0.717) is 6.54 Å². The fourth-order valence-electron chi connectivity index (χ4n) is 3.81. The van der Waals surface area contributed by atoms with E-state index in [4.69, 9.17) is 9.41 Å². The molecule has 0 radical (unpaired) electrons. The van der Waals surface area contributed by atoms with Gasteiger partial charge in [-0.15, -0.1) is 45.5 Å². The molecule has 0 saturated carbocycles. The third kappa shape index (κ3) is 6.55. The predicted octanol–water partition coefficient (Wildman–Crippen LogP) is 3.51. The van der Waals surface area contributed by atoms with Crippen molar-refractivity contribution in [2.45, 2.75) is 38.8 Å². The maximum atomic E-state index is 5.76. The third-order valence-electron chi connectivity index (χ3n) is 5.72. The van der Waals surface area contributed by atoms with Gasteiger partial charge in [-0.3, -0.25) is 4.90 Å². The Morgan fingerprint density at radius 3 is 2.72 bits per heavy atom. The fraction of sp³-hybridized carbons (Fsp3) is 0.500. The highest BCUT2D eigenvalue weighted by molar-refractivity contribution is 14.0. The van der Waals surface area contributed by atoms with Crippen LogP contribution in [0.3, 0.4) is 0 Å². The van der Waals surface area contributed by atoms with Crippen LogP contribution in [0, 0.1) is 6.92 Å². The molecule has 1 aliphatic rings. The normalized spacial score (nSPS) is 15.5. The molecule has 1 atom stereocenters. The molecule has 0 aromatic carbocycles. The monoisotopic (exact) mass is 569 g/mol. The molecule has 1 aliphatic heterocycles. The number of rotatable bonds is 9. The maximum absolute atomic E-state index is 5.76. The molecule has 10 heteroatoms. The van der Waals surface area contributed by atoms with Crippen LogP contribution in [0.5, 0.6) is 0 Å². The smallest absolute Gasteiger partial charge is 0.191 e. The van der Waals surface area contributed by atoms with Gasteiger partial charge in [0.2, 0.25) is 0 Å². The van der Waals surface area contributed by atoms with E-state index < -0.39 is 0 Å². The van der Waals surface area contributed by atoms with Crippen LogP contribution in [0.1, 0.15) is 41.2 Å². The summed E-state index contributed by atoms with van der Waals surface area (Å²) in [6.45, 7) is 6.17. The van der Waals surface area contributed by atoms with Crippen molar-refractivity contribution < 1.29 is 4.42 Å². The minimum absolute atomic E-state index is 0. The first-order chi connectivity index (χ1) is 15.2. The lowest BCUT2D eigenvalue weighted by atomic mass is 10.2. The topological polar surface area (TPSA) is 83.5 Å². The first kappa shape index (κ1) is 24.7. The van der Waals surface area contributed by atoms with E-state index in [0.717, 1.165) is 56.0 Å². The molecule has 1 saturated heterocycles. The number of furan rings is 1. The third-order valence-corrected chi connectivity index (χ3v) is 6.66. The number of aliphatic imine (C=N–C) groups is 1. The highest BCUT2D eigenvalue weighted by atomic mass is 127. The second-order valence-electron chi connectivity index (χ2n) is 7.80. The van der Waals surface area contributed by atoms with Gasteiger partial charge in [0.05, 0.1) is 12.3 Å². The molecule has 3 aromatic heterocycles. The van der Waals surface area contributed by atoms with Crippen LogP contribution in [-0.4, -0.2) is 51.8 Å². The molecule has 3 aromatic rings. The van der Waals surface area contributed by atoms with Crippen molar-refractivity contribution in [1.29, 1.82) is 0 Å². The number of halogens is 1. The summed E-state index contributed by atoms with van der Waals surface area (Å²) in [7, 11) is 1.97. The molecule has 8 nitrogen and oxygen atoms in total. The maximum Gasteiger partial charge on any atom is 0.191 e. The predicted molar refractivity (Wildman–Crippen MR) is 139 cm³/mol. The molecular formula is C22H32IN7OS. The first-order valence-corrected chi connectivity index (χ1v) is 11.8. The zero-order chi connectivity index (χ0) is 21.5. The van der Waals surface area contributed by atoms with Crippen LogP contribution in [0.25, 0.3) is 0 Å². The number of nitrogens with one attached hydrogen (secondary N) is 2. The molecule has 1 unspecified atom stereocenters. The largest absolute Gasteiger partial charge is 0.468 e. The molecule has 0 bridgehead atoms. The zero-order valence-corrected chi connectivity index (χ0v) is 21.8. The first-order valence-electron chi connectivity index (χ1n) is 10.9. The quantitative estimate of drug-likeness (QED) is 0.233. The number of nitrogens with zero attached hydrogens (tertiary/aromatic N) is 5. The second-order valence-corrected chi connectivity index (χ2v) is 8.83. The molecule has 2 N–H and O–H groups in total. The van der Waals surface area contributed by atoms with Gasteiger partial charge in [-0.25, -0.2) is 4.99 Å². The molecule has 0 aliphatic carbocycles. The van der Waals surface area contributed by atoms with Crippen LogP contribution in [0.2, 0.25) is 0 Å². The molecule has 32 heavy (non-hydrogen) atoms. The molecule has 0 amide bonds. The number of aromatic nitrogens is 3. The lowest BCUT2D eigenvalue weighted by molar-refractivity contribution is 0.215. The lowest BCUT2D eigenvalue weighted by Crippen LogP contribution is -2.43. The summed E-state index contributed by atoms with van der Waals surface area (Å²) in [4.78, 5) is 8.64. The Balaban J connectivity index is 0.00000289. The number of hydrogen-bond donors (Lipinski definition) is 2. The molecule has 4 rings (SSSR count). The summed E-state index contributed by atoms with van der Waals surface area (Å²) >= 11 is 1.78. The van der Waals surface area contributed by atoms with E-state index in [-0.39, 0.29) is 30.0 Å². The van der Waals surface area contributed by atoms with Gasteiger partial charge in [0.15, 0.2) is 11.8 Å². The van der Waals surface area contributed by atoms with Crippen LogP contribution < -0.4 is 10.6 Å². The van der Waals surface area contributed by atoms with Crippen molar-refractivity contribution in [1.82, 2.24) is 30.3 Å². The van der Waals surface area contributed by atoms with Gasteiger partial charge >= 0.3 is 0 Å². The van der Waals surface area contributed by atoms with Gasteiger partial charge in [-0.1, -0.05) is 6.07 Å². The van der Waals surface area contributed by atoms with Gasteiger partial charge in [0.1, 0.15) is 18.1 Å². The lowest BCUT2D eigenvalue weighted by Gasteiger charge is -2.26. The van der Waals surface area contributed by atoms with Crippen molar-refractivity contribution in [2.75, 3.05) is 26.2 Å². The second kappa shape index (κ2) is 12.4. The highest BCUT2D eigenvalue weighted by Gasteiger charge is 2.25. The zero-order valence-electron chi connectivity index (χ0n) is 18.7.